The number of nitriles is 1. The molecule has 0 fully saturated rings. The fourth-order valence-corrected chi connectivity index (χ4v) is 1.69. The fourth-order valence-electron chi connectivity index (χ4n) is 1.69. The predicted molar refractivity (Wildman–Crippen MR) is 88.2 cm³/mol. The lowest BCUT2D eigenvalue weighted by atomic mass is 10.2. The fraction of sp³-hybridized carbons (Fsp3) is 0.0588. The van der Waals surface area contributed by atoms with Crippen LogP contribution in [0.5, 0.6) is 11.5 Å². The standard InChI is InChI=1S/C17H16N4O/c1-12(9-18)11-21-16-6-5-14(20)8-17(16)22-15-4-2-3-13(7-15)10-19/h2-9,11H,18,20H2,1H3/b12-9-,21-11?. The topological polar surface area (TPSA) is 97.4 Å². The number of ether oxygens (including phenoxy) is 1. The van der Waals surface area contributed by atoms with Crippen molar-refractivity contribution in [1.82, 2.24) is 0 Å². The van der Waals surface area contributed by atoms with Crippen LogP contribution in [0.3, 0.4) is 0 Å². The molecular weight excluding hydrogens is 276 g/mol. The SMILES string of the molecule is C/C(C=Nc1ccc(N)cc1Oc1cccc(C#N)c1)=C/N. The Morgan fingerprint density at radius 3 is 2.82 bits per heavy atom. The molecule has 0 atom stereocenters. The van der Waals surface area contributed by atoms with Gasteiger partial charge in [-0.25, -0.2) is 0 Å². The van der Waals surface area contributed by atoms with Crippen molar-refractivity contribution >= 4 is 17.6 Å². The Morgan fingerprint density at radius 1 is 1.27 bits per heavy atom. The summed E-state index contributed by atoms with van der Waals surface area (Å²) in [6.07, 6.45) is 3.11. The Kier molecular flexibility index (Phi) is 4.78. The lowest BCUT2D eigenvalue weighted by Crippen LogP contribution is -1.90. The van der Waals surface area contributed by atoms with Gasteiger partial charge in [0.2, 0.25) is 0 Å². The molecule has 0 aliphatic rings. The molecule has 0 spiro atoms. The van der Waals surface area contributed by atoms with Gasteiger partial charge in [-0.05, 0) is 49.0 Å². The van der Waals surface area contributed by atoms with E-state index in [2.05, 4.69) is 11.1 Å². The van der Waals surface area contributed by atoms with Crippen LogP contribution in [-0.4, -0.2) is 6.21 Å². The first kappa shape index (κ1) is 15.1. The van der Waals surface area contributed by atoms with Crippen LogP contribution in [0.15, 0.2) is 59.2 Å². The summed E-state index contributed by atoms with van der Waals surface area (Å²) in [6.45, 7) is 1.84. The van der Waals surface area contributed by atoms with E-state index in [4.69, 9.17) is 21.5 Å². The maximum Gasteiger partial charge on any atom is 0.155 e. The maximum atomic E-state index is 8.93. The third-order valence-corrected chi connectivity index (χ3v) is 2.84. The number of nitrogens with two attached hydrogens (primary N) is 2. The Bertz CT molecular complexity index is 772. The van der Waals surface area contributed by atoms with E-state index in [-0.39, 0.29) is 0 Å². The van der Waals surface area contributed by atoms with Crippen LogP contribution in [0, 0.1) is 11.3 Å². The highest BCUT2D eigenvalue weighted by Crippen LogP contribution is 2.33. The number of allylic oxidation sites excluding steroid dienone is 1. The maximum absolute atomic E-state index is 8.93. The van der Waals surface area contributed by atoms with E-state index >= 15 is 0 Å². The van der Waals surface area contributed by atoms with Crippen LogP contribution in [-0.2, 0) is 0 Å². The molecule has 0 unspecified atom stereocenters. The Labute approximate surface area is 129 Å². The van der Waals surface area contributed by atoms with E-state index < -0.39 is 0 Å². The summed E-state index contributed by atoms with van der Waals surface area (Å²) in [5, 5.41) is 8.93. The zero-order valence-corrected chi connectivity index (χ0v) is 12.2. The summed E-state index contributed by atoms with van der Waals surface area (Å²) in [7, 11) is 0. The van der Waals surface area contributed by atoms with Crippen molar-refractivity contribution in [1.29, 1.82) is 5.26 Å². The van der Waals surface area contributed by atoms with Crippen molar-refractivity contribution in [2.24, 2.45) is 10.7 Å². The quantitative estimate of drug-likeness (QED) is 0.665. The zero-order valence-electron chi connectivity index (χ0n) is 12.2. The number of nitrogen functional groups attached to an aromatic ring is 1. The van der Waals surface area contributed by atoms with Crippen LogP contribution in [0.2, 0.25) is 0 Å². The van der Waals surface area contributed by atoms with Crippen LogP contribution in [0.25, 0.3) is 0 Å². The van der Waals surface area contributed by atoms with Crippen LogP contribution >= 0.6 is 0 Å². The van der Waals surface area contributed by atoms with Crippen molar-refractivity contribution in [2.45, 2.75) is 6.92 Å². The number of benzene rings is 2. The molecule has 0 amide bonds. The number of aliphatic imine (C=N–C) groups is 1. The highest BCUT2D eigenvalue weighted by Gasteiger charge is 2.05. The second-order valence-electron chi connectivity index (χ2n) is 4.64. The lowest BCUT2D eigenvalue weighted by molar-refractivity contribution is 0.484. The van der Waals surface area contributed by atoms with Gasteiger partial charge in [-0.2, -0.15) is 5.26 Å². The molecule has 2 aromatic rings. The lowest BCUT2D eigenvalue weighted by Gasteiger charge is -2.09. The number of hydrogen-bond donors (Lipinski definition) is 2. The molecule has 2 rings (SSSR count). The molecule has 110 valence electrons. The Hall–Kier alpha value is -3.26. The van der Waals surface area contributed by atoms with Crippen LogP contribution in [0.1, 0.15) is 12.5 Å². The number of anilines is 1. The normalized spacial score (nSPS) is 11.4. The van der Waals surface area contributed by atoms with Gasteiger partial charge in [0.1, 0.15) is 11.4 Å². The van der Waals surface area contributed by atoms with E-state index in [0.29, 0.717) is 28.4 Å². The summed E-state index contributed by atoms with van der Waals surface area (Å²) in [6, 6.07) is 14.1. The Morgan fingerprint density at radius 2 is 2.09 bits per heavy atom. The molecule has 0 heterocycles. The average molecular weight is 292 g/mol. The third-order valence-electron chi connectivity index (χ3n) is 2.84. The zero-order chi connectivity index (χ0) is 15.9. The second kappa shape index (κ2) is 6.95. The molecule has 0 bridgehead atoms. The molecular formula is C17H16N4O. The first-order valence-electron chi connectivity index (χ1n) is 6.62. The van der Waals surface area contributed by atoms with Gasteiger partial charge in [0, 0.05) is 18.0 Å². The van der Waals surface area contributed by atoms with E-state index in [0.717, 1.165) is 5.57 Å². The highest BCUT2D eigenvalue weighted by atomic mass is 16.5. The van der Waals surface area contributed by atoms with E-state index in [1.54, 1.807) is 48.7 Å². The molecule has 22 heavy (non-hydrogen) atoms. The summed E-state index contributed by atoms with van der Waals surface area (Å²) >= 11 is 0. The molecule has 0 aliphatic carbocycles. The van der Waals surface area contributed by atoms with E-state index in [1.165, 1.54) is 6.20 Å². The molecule has 0 saturated heterocycles. The number of rotatable bonds is 4. The minimum absolute atomic E-state index is 0.510. The van der Waals surface area contributed by atoms with Crippen molar-refractivity contribution < 1.29 is 4.74 Å². The number of hydrogen-bond acceptors (Lipinski definition) is 5. The largest absolute Gasteiger partial charge is 0.455 e. The van der Waals surface area contributed by atoms with Crippen LogP contribution in [0.4, 0.5) is 11.4 Å². The van der Waals surface area contributed by atoms with Crippen molar-refractivity contribution in [3.8, 4) is 17.6 Å². The monoisotopic (exact) mass is 292 g/mol. The minimum Gasteiger partial charge on any atom is -0.455 e. The number of nitrogens with zero attached hydrogens (tertiary/aromatic N) is 2. The van der Waals surface area contributed by atoms with E-state index in [1.807, 2.05) is 6.92 Å². The van der Waals surface area contributed by atoms with Gasteiger partial charge < -0.3 is 16.2 Å². The predicted octanol–water partition coefficient (Wildman–Crippen LogP) is 3.50. The average Bonchev–Trinajstić information content (AvgIpc) is 2.54. The second-order valence-corrected chi connectivity index (χ2v) is 4.64. The molecule has 0 aliphatic heterocycles. The third kappa shape index (κ3) is 3.87. The first-order valence-corrected chi connectivity index (χ1v) is 6.62. The highest BCUT2D eigenvalue weighted by molar-refractivity contribution is 5.81. The van der Waals surface area contributed by atoms with Gasteiger partial charge in [0.05, 0.1) is 11.6 Å². The van der Waals surface area contributed by atoms with Crippen molar-refractivity contribution in [2.75, 3.05) is 5.73 Å². The molecule has 4 N–H and O–H groups in total. The van der Waals surface area contributed by atoms with Gasteiger partial charge >= 0.3 is 0 Å². The van der Waals surface area contributed by atoms with Crippen molar-refractivity contribution in [3.63, 3.8) is 0 Å². The van der Waals surface area contributed by atoms with Crippen LogP contribution < -0.4 is 16.2 Å². The van der Waals surface area contributed by atoms with Gasteiger partial charge in [-0.3, -0.25) is 4.99 Å². The summed E-state index contributed by atoms with van der Waals surface area (Å²) < 4.78 is 5.80. The van der Waals surface area contributed by atoms with Gasteiger partial charge in [-0.15, -0.1) is 0 Å². The molecule has 5 heteroatoms. The molecule has 0 radical (unpaired) electrons. The van der Waals surface area contributed by atoms with Gasteiger partial charge in [0.25, 0.3) is 0 Å². The first-order chi connectivity index (χ1) is 10.6. The molecule has 2 aromatic carbocycles. The molecule has 0 aromatic heterocycles. The van der Waals surface area contributed by atoms with Crippen molar-refractivity contribution in [3.05, 3.63) is 59.8 Å². The molecule has 0 saturated carbocycles. The summed E-state index contributed by atoms with van der Waals surface area (Å²) in [5.41, 5.74) is 13.8. The van der Waals surface area contributed by atoms with Gasteiger partial charge in [-0.1, -0.05) is 6.07 Å². The minimum atomic E-state index is 0.510. The summed E-state index contributed by atoms with van der Waals surface area (Å²) in [4.78, 5) is 4.34. The Balaban J connectivity index is 2.35. The van der Waals surface area contributed by atoms with Gasteiger partial charge in [0.15, 0.2) is 5.75 Å². The smallest absolute Gasteiger partial charge is 0.155 e. The van der Waals surface area contributed by atoms with E-state index in [9.17, 15) is 0 Å². The molecule has 5 nitrogen and oxygen atoms in total. The summed E-state index contributed by atoms with van der Waals surface area (Å²) in [5.74, 6) is 1.06.